The molecule has 2 heterocycles. The average molecular weight is 400 g/mol. The molecule has 0 bridgehead atoms. The van der Waals surface area contributed by atoms with Gasteiger partial charge in [0.2, 0.25) is 12.0 Å². The molecule has 2 aliphatic heterocycles. The highest BCUT2D eigenvalue weighted by atomic mass is 16.5. The van der Waals surface area contributed by atoms with Crippen LogP contribution in [0.15, 0.2) is 82.8 Å². The number of allylic oxidation sites excluding steroid dienone is 1. The van der Waals surface area contributed by atoms with E-state index in [1.165, 1.54) is 24.8 Å². The molecule has 30 heavy (non-hydrogen) atoms. The summed E-state index contributed by atoms with van der Waals surface area (Å²) in [6.45, 7) is 4.39. The third kappa shape index (κ3) is 3.25. The molecule has 3 aliphatic rings. The molecule has 2 aromatic rings. The fourth-order valence-corrected chi connectivity index (χ4v) is 4.18. The van der Waals surface area contributed by atoms with Gasteiger partial charge in [0.05, 0.1) is 30.3 Å². The molecular weight excluding hydrogens is 372 g/mol. The molecule has 1 unspecified atom stereocenters. The fourth-order valence-electron chi connectivity index (χ4n) is 4.18. The molecule has 1 fully saturated rings. The quantitative estimate of drug-likeness (QED) is 0.548. The van der Waals surface area contributed by atoms with Gasteiger partial charge in [-0.25, -0.2) is 10.0 Å². The third-order valence-corrected chi connectivity index (χ3v) is 6.09. The lowest BCUT2D eigenvalue weighted by atomic mass is 9.92. The van der Waals surface area contributed by atoms with E-state index < -0.39 is 0 Å². The van der Waals surface area contributed by atoms with Crippen LogP contribution >= 0.6 is 0 Å². The van der Waals surface area contributed by atoms with Crippen molar-refractivity contribution in [3.8, 4) is 11.5 Å². The van der Waals surface area contributed by atoms with E-state index in [4.69, 9.17) is 4.74 Å². The molecular formula is C25H27N4O+. The van der Waals surface area contributed by atoms with Gasteiger partial charge < -0.3 is 4.74 Å². The Morgan fingerprint density at radius 3 is 2.60 bits per heavy atom. The zero-order chi connectivity index (χ0) is 20.6. The van der Waals surface area contributed by atoms with Gasteiger partial charge in [-0.2, -0.15) is 0 Å². The van der Waals surface area contributed by atoms with E-state index in [9.17, 15) is 0 Å². The lowest BCUT2D eigenvalue weighted by Gasteiger charge is -2.46. The van der Waals surface area contributed by atoms with Crippen LogP contribution < -0.4 is 9.75 Å². The number of quaternary nitrogens is 1. The minimum atomic E-state index is 0.476. The van der Waals surface area contributed by atoms with Crippen molar-refractivity contribution in [2.24, 2.45) is 9.98 Å². The Hall–Kier alpha value is -3.18. The standard InChI is InChI=1S/C25H27N4O/c1-19(2)20-5-3-8-25(15-20)30-24-11-9-22(10-12-24)28(21-6-4-7-21)29-14-13-26-16-23(29)17-27-18-29/h3,5,8-19,21H,4,6-7H2,1-2H3/q+1. The van der Waals surface area contributed by atoms with Gasteiger partial charge in [0.1, 0.15) is 11.5 Å². The number of hydrogen-bond acceptors (Lipinski definition) is 4. The van der Waals surface area contributed by atoms with Crippen LogP contribution in [-0.2, 0) is 0 Å². The zero-order valence-electron chi connectivity index (χ0n) is 17.5. The number of aliphatic imine (C=N–C) groups is 2. The van der Waals surface area contributed by atoms with Crippen molar-refractivity contribution in [3.05, 3.63) is 78.4 Å². The maximum Gasteiger partial charge on any atom is 0.225 e. The number of benzene rings is 2. The van der Waals surface area contributed by atoms with Crippen molar-refractivity contribution in [3.63, 3.8) is 0 Å². The Morgan fingerprint density at radius 2 is 1.87 bits per heavy atom. The first-order valence-electron chi connectivity index (χ1n) is 10.7. The second-order valence-electron chi connectivity index (χ2n) is 8.39. The molecule has 152 valence electrons. The number of hydrogen-bond donors (Lipinski definition) is 0. The molecule has 0 saturated heterocycles. The Labute approximate surface area is 177 Å². The lowest BCUT2D eigenvalue weighted by Crippen LogP contribution is -2.61. The maximum atomic E-state index is 6.14. The van der Waals surface area contributed by atoms with Gasteiger partial charge in [-0.1, -0.05) is 26.0 Å². The van der Waals surface area contributed by atoms with Crippen LogP contribution in [-0.4, -0.2) is 23.2 Å². The van der Waals surface area contributed by atoms with E-state index in [-0.39, 0.29) is 0 Å². The second kappa shape index (κ2) is 7.58. The summed E-state index contributed by atoms with van der Waals surface area (Å²) in [4.78, 5) is 8.77. The average Bonchev–Trinajstić information content (AvgIpc) is 3.16. The van der Waals surface area contributed by atoms with Crippen molar-refractivity contribution in [1.82, 2.24) is 0 Å². The first-order valence-corrected chi connectivity index (χ1v) is 10.7. The smallest absolute Gasteiger partial charge is 0.225 e. The first-order chi connectivity index (χ1) is 14.7. The summed E-state index contributed by atoms with van der Waals surface area (Å²) in [5, 5.41) is 2.44. The number of ether oxygens (including phenoxy) is 1. The molecule has 0 N–H and O–H groups in total. The Morgan fingerprint density at radius 1 is 1.03 bits per heavy atom. The van der Waals surface area contributed by atoms with Gasteiger partial charge in [-0.05, 0) is 67.1 Å². The third-order valence-electron chi connectivity index (χ3n) is 6.09. The summed E-state index contributed by atoms with van der Waals surface area (Å²) in [5.74, 6) is 2.19. The molecule has 0 spiro atoms. The number of rotatable bonds is 6. The predicted octanol–water partition coefficient (Wildman–Crippen LogP) is 6.13. The molecule has 1 atom stereocenters. The van der Waals surface area contributed by atoms with Gasteiger partial charge in [0.15, 0.2) is 6.20 Å². The highest BCUT2D eigenvalue weighted by Gasteiger charge is 2.46. The largest absolute Gasteiger partial charge is 0.457 e. The molecule has 5 nitrogen and oxygen atoms in total. The maximum absolute atomic E-state index is 6.14. The van der Waals surface area contributed by atoms with Crippen LogP contribution in [0.5, 0.6) is 11.5 Å². The fraction of sp³-hybridized carbons (Fsp3) is 0.280. The Kier molecular flexibility index (Phi) is 4.75. The first kappa shape index (κ1) is 18.8. The molecule has 1 saturated carbocycles. The predicted molar refractivity (Wildman–Crippen MR) is 122 cm³/mol. The summed E-state index contributed by atoms with van der Waals surface area (Å²) in [5.41, 5.74) is 3.50. The minimum absolute atomic E-state index is 0.476. The molecule has 5 rings (SSSR count). The van der Waals surface area contributed by atoms with Gasteiger partial charge in [0, 0.05) is 0 Å². The second-order valence-corrected chi connectivity index (χ2v) is 8.39. The Bertz CT molecular complexity index is 1050. The molecule has 0 radical (unpaired) electrons. The minimum Gasteiger partial charge on any atom is -0.457 e. The van der Waals surface area contributed by atoms with Crippen LogP contribution in [0.3, 0.4) is 0 Å². The summed E-state index contributed by atoms with van der Waals surface area (Å²) in [6, 6.07) is 17.2. The molecule has 5 heteroatoms. The van der Waals surface area contributed by atoms with E-state index in [0.717, 1.165) is 22.9 Å². The van der Waals surface area contributed by atoms with Crippen LogP contribution in [0.2, 0.25) is 0 Å². The summed E-state index contributed by atoms with van der Waals surface area (Å²) in [7, 11) is 0. The highest BCUT2D eigenvalue weighted by molar-refractivity contribution is 5.82. The van der Waals surface area contributed by atoms with Gasteiger partial charge in [-0.3, -0.25) is 4.99 Å². The SMILES string of the molecule is CC(C)c1cccc(Oc2ccc(N(C3CCC3)[N+]34C=CN=CC3=CN=C4)cc2)c1. The highest BCUT2D eigenvalue weighted by Crippen LogP contribution is 2.39. The van der Waals surface area contributed by atoms with Gasteiger partial charge in [0.25, 0.3) is 0 Å². The van der Waals surface area contributed by atoms with Gasteiger partial charge in [-0.15, -0.1) is 4.59 Å². The summed E-state index contributed by atoms with van der Waals surface area (Å²) in [6.07, 6.45) is 13.4. The van der Waals surface area contributed by atoms with Crippen molar-refractivity contribution in [2.75, 3.05) is 5.01 Å². The topological polar surface area (TPSA) is 37.2 Å². The molecule has 2 aromatic carbocycles. The van der Waals surface area contributed by atoms with Crippen molar-refractivity contribution in [2.45, 2.75) is 45.1 Å². The van der Waals surface area contributed by atoms with Gasteiger partial charge >= 0.3 is 0 Å². The summed E-state index contributed by atoms with van der Waals surface area (Å²) < 4.78 is 6.62. The van der Waals surface area contributed by atoms with E-state index in [1.807, 2.05) is 31.0 Å². The summed E-state index contributed by atoms with van der Waals surface area (Å²) >= 11 is 0. The normalized spacial score (nSPS) is 22.0. The molecule has 1 aliphatic carbocycles. The van der Waals surface area contributed by atoms with Crippen molar-refractivity contribution < 1.29 is 9.33 Å². The zero-order valence-corrected chi connectivity index (χ0v) is 17.5. The van der Waals surface area contributed by atoms with E-state index in [0.29, 0.717) is 16.6 Å². The van der Waals surface area contributed by atoms with Crippen molar-refractivity contribution >= 4 is 18.2 Å². The molecule has 0 amide bonds. The number of anilines is 1. The number of fused-ring (bicyclic) bond motifs is 1. The van der Waals surface area contributed by atoms with Crippen LogP contribution in [0.1, 0.15) is 44.6 Å². The van der Waals surface area contributed by atoms with E-state index in [2.05, 4.69) is 77.5 Å². The monoisotopic (exact) mass is 399 g/mol. The van der Waals surface area contributed by atoms with E-state index in [1.54, 1.807) is 0 Å². The van der Waals surface area contributed by atoms with Crippen LogP contribution in [0.4, 0.5) is 5.69 Å². The lowest BCUT2D eigenvalue weighted by molar-refractivity contribution is -0.746. The Balaban J connectivity index is 1.43. The van der Waals surface area contributed by atoms with Crippen LogP contribution in [0.25, 0.3) is 0 Å². The van der Waals surface area contributed by atoms with E-state index >= 15 is 0 Å². The van der Waals surface area contributed by atoms with Crippen molar-refractivity contribution in [1.29, 1.82) is 0 Å². The molecule has 0 aromatic heterocycles. The van der Waals surface area contributed by atoms with Crippen LogP contribution in [0, 0.1) is 0 Å². The number of nitrogens with zero attached hydrogens (tertiary/aromatic N) is 4.